The zero-order valence-corrected chi connectivity index (χ0v) is 12.1. The third-order valence-electron chi connectivity index (χ3n) is 4.07. The van der Waals surface area contributed by atoms with Gasteiger partial charge in [-0.15, -0.1) is 0 Å². The Morgan fingerprint density at radius 2 is 2.10 bits per heavy atom. The minimum absolute atomic E-state index is 0.00877. The van der Waals surface area contributed by atoms with Gasteiger partial charge in [0.25, 0.3) is 0 Å². The van der Waals surface area contributed by atoms with Crippen molar-refractivity contribution >= 4 is 23.5 Å². The summed E-state index contributed by atoms with van der Waals surface area (Å²) < 4.78 is 5.14. The van der Waals surface area contributed by atoms with Crippen molar-refractivity contribution < 1.29 is 19.4 Å². The quantitative estimate of drug-likeness (QED) is 0.924. The van der Waals surface area contributed by atoms with E-state index in [4.69, 9.17) is 21.4 Å². The fraction of sp³-hybridized carbons (Fsp3) is 0.467. The van der Waals surface area contributed by atoms with Crippen molar-refractivity contribution in [3.05, 3.63) is 34.9 Å². The first kappa shape index (κ1) is 14.4. The lowest BCUT2D eigenvalue weighted by molar-refractivity contribution is -0.159. The van der Waals surface area contributed by atoms with Crippen LogP contribution in [-0.2, 0) is 14.3 Å². The molecule has 1 aliphatic heterocycles. The summed E-state index contributed by atoms with van der Waals surface area (Å²) in [7, 11) is 0. The highest BCUT2D eigenvalue weighted by Gasteiger charge is 2.47. The largest absolute Gasteiger partial charge is 0.479 e. The van der Waals surface area contributed by atoms with E-state index in [0.717, 1.165) is 12.0 Å². The molecule has 0 bridgehead atoms. The number of amides is 1. The van der Waals surface area contributed by atoms with Crippen LogP contribution in [0.4, 0.5) is 0 Å². The summed E-state index contributed by atoms with van der Waals surface area (Å²) >= 11 is 6.16. The molecule has 0 spiro atoms. The van der Waals surface area contributed by atoms with Crippen LogP contribution in [0.2, 0.25) is 5.02 Å². The molecule has 5 nitrogen and oxygen atoms in total. The predicted molar refractivity (Wildman–Crippen MR) is 76.3 cm³/mol. The predicted octanol–water partition coefficient (Wildman–Crippen LogP) is 1.76. The fourth-order valence-corrected chi connectivity index (χ4v) is 3.10. The first-order valence-corrected chi connectivity index (χ1v) is 7.33. The number of carbonyl (C=O) groups excluding carboxylic acids is 1. The van der Waals surface area contributed by atoms with Crippen molar-refractivity contribution in [3.8, 4) is 0 Å². The van der Waals surface area contributed by atoms with Gasteiger partial charge in [-0.05, 0) is 24.0 Å². The number of hydrogen-bond donors (Lipinski definition) is 1. The molecule has 6 heteroatoms. The van der Waals surface area contributed by atoms with Crippen LogP contribution in [0.1, 0.15) is 17.9 Å². The zero-order chi connectivity index (χ0) is 15.0. The molecule has 2 fully saturated rings. The Hall–Kier alpha value is -1.59. The van der Waals surface area contributed by atoms with Gasteiger partial charge in [-0.2, -0.15) is 0 Å². The van der Waals surface area contributed by atoms with E-state index >= 15 is 0 Å². The Bertz CT molecular complexity index is 577. The second kappa shape index (κ2) is 5.66. The van der Waals surface area contributed by atoms with E-state index in [1.54, 1.807) is 4.90 Å². The van der Waals surface area contributed by atoms with E-state index in [9.17, 15) is 9.59 Å². The summed E-state index contributed by atoms with van der Waals surface area (Å²) in [4.78, 5) is 25.0. The van der Waals surface area contributed by atoms with Crippen LogP contribution < -0.4 is 0 Å². The molecule has 3 rings (SSSR count). The van der Waals surface area contributed by atoms with Crippen LogP contribution in [0.5, 0.6) is 0 Å². The molecule has 1 amide bonds. The van der Waals surface area contributed by atoms with Crippen molar-refractivity contribution in [1.29, 1.82) is 0 Å². The highest BCUT2D eigenvalue weighted by molar-refractivity contribution is 6.31. The van der Waals surface area contributed by atoms with Crippen LogP contribution in [0.3, 0.4) is 0 Å². The Kier molecular flexibility index (Phi) is 3.87. The minimum Gasteiger partial charge on any atom is -0.479 e. The molecule has 3 atom stereocenters. The van der Waals surface area contributed by atoms with Crippen LogP contribution in [-0.4, -0.2) is 47.7 Å². The van der Waals surface area contributed by atoms with E-state index in [1.807, 2.05) is 24.3 Å². The topological polar surface area (TPSA) is 66.8 Å². The monoisotopic (exact) mass is 309 g/mol. The molecule has 21 heavy (non-hydrogen) atoms. The number of hydrogen-bond acceptors (Lipinski definition) is 3. The summed E-state index contributed by atoms with van der Waals surface area (Å²) in [5.41, 5.74) is 1.00. The third-order valence-corrected chi connectivity index (χ3v) is 4.41. The summed E-state index contributed by atoms with van der Waals surface area (Å²) in [6.07, 6.45) is -0.141. The van der Waals surface area contributed by atoms with E-state index in [0.29, 0.717) is 11.6 Å². The maximum absolute atomic E-state index is 12.5. The molecule has 0 radical (unpaired) electrons. The molecular formula is C15H16ClNO4. The van der Waals surface area contributed by atoms with Gasteiger partial charge in [-0.1, -0.05) is 29.8 Å². The molecule has 1 aromatic rings. The average Bonchev–Trinajstić information content (AvgIpc) is 3.27. The van der Waals surface area contributed by atoms with Crippen LogP contribution in [0.15, 0.2) is 24.3 Å². The van der Waals surface area contributed by atoms with Crippen LogP contribution >= 0.6 is 11.6 Å². The number of benzene rings is 1. The molecule has 1 aliphatic carbocycles. The lowest BCUT2D eigenvalue weighted by Crippen LogP contribution is -2.49. The lowest BCUT2D eigenvalue weighted by atomic mass is 10.1. The second-order valence-corrected chi connectivity index (χ2v) is 5.86. The number of rotatable bonds is 3. The number of carbonyl (C=O) groups is 2. The van der Waals surface area contributed by atoms with Gasteiger partial charge in [0.15, 0.2) is 6.10 Å². The summed E-state index contributed by atoms with van der Waals surface area (Å²) in [5.74, 6) is -0.949. The molecule has 1 N–H and O–H groups in total. The summed E-state index contributed by atoms with van der Waals surface area (Å²) in [6.45, 7) is 0.848. The number of ether oxygens (including phenoxy) is 1. The fourth-order valence-electron chi connectivity index (χ4n) is 2.82. The molecule has 1 aromatic carbocycles. The number of nitrogens with zero attached hydrogens (tertiary/aromatic N) is 1. The summed E-state index contributed by atoms with van der Waals surface area (Å²) in [6, 6.07) is 7.55. The van der Waals surface area contributed by atoms with Gasteiger partial charge >= 0.3 is 5.97 Å². The van der Waals surface area contributed by atoms with Gasteiger partial charge in [0, 0.05) is 17.5 Å². The lowest BCUT2D eigenvalue weighted by Gasteiger charge is -2.31. The second-order valence-electron chi connectivity index (χ2n) is 5.45. The Balaban J connectivity index is 1.65. The van der Waals surface area contributed by atoms with Crippen molar-refractivity contribution in [2.45, 2.75) is 18.4 Å². The molecular weight excluding hydrogens is 294 g/mol. The van der Waals surface area contributed by atoms with E-state index in [1.165, 1.54) is 0 Å². The summed E-state index contributed by atoms with van der Waals surface area (Å²) in [5, 5.41) is 9.66. The van der Waals surface area contributed by atoms with Gasteiger partial charge in [-0.3, -0.25) is 4.79 Å². The average molecular weight is 310 g/mol. The van der Waals surface area contributed by atoms with Gasteiger partial charge in [0.05, 0.1) is 13.2 Å². The standard InChI is InChI=1S/C15H16ClNO4/c16-12-4-2-1-3-9(12)10-7-11(10)14(18)17-5-6-21-13(8-17)15(19)20/h1-4,10-11,13H,5-8H2,(H,19,20)/t10-,11+,13+/m1/s1. The van der Waals surface area contributed by atoms with Crippen molar-refractivity contribution in [1.82, 2.24) is 4.90 Å². The Labute approximate surface area is 127 Å². The van der Waals surface area contributed by atoms with Gasteiger partial charge in [0.1, 0.15) is 0 Å². The van der Waals surface area contributed by atoms with E-state index in [-0.39, 0.29) is 30.9 Å². The molecule has 1 saturated heterocycles. The van der Waals surface area contributed by atoms with Gasteiger partial charge in [-0.25, -0.2) is 4.79 Å². The first-order valence-electron chi connectivity index (χ1n) is 6.95. The number of carboxylic acids is 1. The highest BCUT2D eigenvalue weighted by atomic mass is 35.5. The smallest absolute Gasteiger partial charge is 0.334 e. The van der Waals surface area contributed by atoms with Gasteiger partial charge < -0.3 is 14.7 Å². The number of halogens is 1. The molecule has 1 saturated carbocycles. The van der Waals surface area contributed by atoms with Gasteiger partial charge in [0.2, 0.25) is 5.91 Å². The van der Waals surface area contributed by atoms with E-state index in [2.05, 4.69) is 0 Å². The van der Waals surface area contributed by atoms with Crippen molar-refractivity contribution in [3.63, 3.8) is 0 Å². The number of carboxylic acid groups (broad SMARTS) is 1. The van der Waals surface area contributed by atoms with Crippen LogP contribution in [0, 0.1) is 5.92 Å². The Morgan fingerprint density at radius 3 is 2.81 bits per heavy atom. The molecule has 0 unspecified atom stereocenters. The molecule has 1 heterocycles. The SMILES string of the molecule is O=C(O)[C@@H]1CN(C(=O)[C@H]2C[C@@H]2c2ccccc2Cl)CCO1. The molecule has 2 aliphatic rings. The third kappa shape index (κ3) is 2.89. The molecule has 0 aromatic heterocycles. The Morgan fingerprint density at radius 1 is 1.33 bits per heavy atom. The van der Waals surface area contributed by atoms with Crippen molar-refractivity contribution in [2.24, 2.45) is 5.92 Å². The maximum atomic E-state index is 12.5. The van der Waals surface area contributed by atoms with Crippen LogP contribution in [0.25, 0.3) is 0 Å². The van der Waals surface area contributed by atoms with E-state index < -0.39 is 12.1 Å². The molecule has 112 valence electrons. The van der Waals surface area contributed by atoms with Crippen molar-refractivity contribution in [2.75, 3.05) is 19.7 Å². The highest BCUT2D eigenvalue weighted by Crippen LogP contribution is 2.50. The minimum atomic E-state index is -1.02. The normalized spacial score (nSPS) is 28.2. The first-order chi connectivity index (χ1) is 10.1. The number of aliphatic carboxylic acids is 1. The number of morpholine rings is 1. The maximum Gasteiger partial charge on any atom is 0.334 e. The zero-order valence-electron chi connectivity index (χ0n) is 11.4.